The van der Waals surface area contributed by atoms with Gasteiger partial charge in [-0.3, -0.25) is 9.78 Å². The zero-order valence-electron chi connectivity index (χ0n) is 9.05. The van der Waals surface area contributed by atoms with Gasteiger partial charge in [0.15, 0.2) is 0 Å². The van der Waals surface area contributed by atoms with Crippen molar-refractivity contribution in [2.75, 3.05) is 0 Å². The summed E-state index contributed by atoms with van der Waals surface area (Å²) in [6.45, 7) is 0.536. The maximum atomic E-state index is 11.7. The van der Waals surface area contributed by atoms with Crippen molar-refractivity contribution in [3.05, 3.63) is 54.1 Å². The number of rotatable bonds is 3. The smallest absolute Gasteiger partial charge is 0.253 e. The highest BCUT2D eigenvalue weighted by molar-refractivity contribution is 5.93. The van der Waals surface area contributed by atoms with Crippen LogP contribution in [0, 0.1) is 0 Å². The molecule has 0 aliphatic heterocycles. The lowest BCUT2D eigenvalue weighted by Crippen LogP contribution is -2.22. The molecule has 0 unspecified atom stereocenters. The van der Waals surface area contributed by atoms with Crippen LogP contribution in [-0.4, -0.2) is 15.5 Å². The summed E-state index contributed by atoms with van der Waals surface area (Å²) >= 11 is 0. The van der Waals surface area contributed by atoms with E-state index in [9.17, 15) is 4.79 Å². The summed E-state index contributed by atoms with van der Waals surface area (Å²) in [5, 5.41) is 2.84. The van der Waals surface area contributed by atoms with E-state index >= 15 is 0 Å². The van der Waals surface area contributed by atoms with E-state index in [-0.39, 0.29) is 5.91 Å². The van der Waals surface area contributed by atoms with E-state index in [2.05, 4.69) is 10.3 Å². The number of nitrogens with one attached hydrogen (secondary N) is 1. The first kappa shape index (κ1) is 10.4. The third-order valence-electron chi connectivity index (χ3n) is 2.27. The maximum absolute atomic E-state index is 11.7. The van der Waals surface area contributed by atoms with E-state index in [1.807, 2.05) is 30.1 Å². The summed E-state index contributed by atoms with van der Waals surface area (Å²) in [5.74, 6) is -0.100. The molecule has 0 atom stereocenters. The van der Waals surface area contributed by atoms with Crippen molar-refractivity contribution in [3.8, 4) is 0 Å². The summed E-state index contributed by atoms with van der Waals surface area (Å²) in [4.78, 5) is 15.6. The predicted molar refractivity (Wildman–Crippen MR) is 60.8 cm³/mol. The van der Waals surface area contributed by atoms with E-state index in [0.29, 0.717) is 12.1 Å². The van der Waals surface area contributed by atoms with Crippen molar-refractivity contribution in [2.45, 2.75) is 6.54 Å². The van der Waals surface area contributed by atoms with Crippen LogP contribution in [-0.2, 0) is 13.6 Å². The maximum Gasteiger partial charge on any atom is 0.253 e. The number of nitrogens with zero attached hydrogens (tertiary/aromatic N) is 2. The van der Waals surface area contributed by atoms with Crippen molar-refractivity contribution in [2.24, 2.45) is 7.05 Å². The highest BCUT2D eigenvalue weighted by Crippen LogP contribution is 2.00. The van der Waals surface area contributed by atoms with Crippen LogP contribution in [0.5, 0.6) is 0 Å². The SMILES string of the molecule is Cn1ccc(CNC(=O)c2cccnc2)c1. The molecular formula is C12H13N3O. The Hall–Kier alpha value is -2.10. The number of carbonyl (C=O) groups excluding carboxylic acids is 1. The highest BCUT2D eigenvalue weighted by atomic mass is 16.1. The Bertz CT molecular complexity index is 476. The van der Waals surface area contributed by atoms with Crippen molar-refractivity contribution in [1.29, 1.82) is 0 Å². The molecule has 0 saturated heterocycles. The number of amides is 1. The average Bonchev–Trinajstić information content (AvgIpc) is 2.73. The monoisotopic (exact) mass is 215 g/mol. The fourth-order valence-corrected chi connectivity index (χ4v) is 1.45. The zero-order chi connectivity index (χ0) is 11.4. The van der Waals surface area contributed by atoms with Gasteiger partial charge in [0.05, 0.1) is 5.56 Å². The minimum Gasteiger partial charge on any atom is -0.357 e. The minimum atomic E-state index is -0.100. The molecule has 0 aliphatic rings. The summed E-state index contributed by atoms with van der Waals surface area (Å²) in [7, 11) is 1.95. The second-order valence-corrected chi connectivity index (χ2v) is 3.61. The van der Waals surface area contributed by atoms with Gasteiger partial charge in [-0.05, 0) is 23.8 Å². The fraction of sp³-hybridized carbons (Fsp3) is 0.167. The quantitative estimate of drug-likeness (QED) is 0.840. The van der Waals surface area contributed by atoms with Crippen molar-refractivity contribution in [3.63, 3.8) is 0 Å². The van der Waals surface area contributed by atoms with Gasteiger partial charge in [-0.2, -0.15) is 0 Å². The van der Waals surface area contributed by atoms with Crippen LogP contribution in [0.15, 0.2) is 43.0 Å². The molecule has 0 radical (unpaired) electrons. The molecule has 4 heteroatoms. The van der Waals surface area contributed by atoms with Crippen LogP contribution < -0.4 is 5.32 Å². The lowest BCUT2D eigenvalue weighted by Gasteiger charge is -2.02. The molecule has 2 aromatic heterocycles. The summed E-state index contributed by atoms with van der Waals surface area (Å²) in [5.41, 5.74) is 1.66. The lowest BCUT2D eigenvalue weighted by molar-refractivity contribution is 0.0950. The number of aromatic nitrogens is 2. The van der Waals surface area contributed by atoms with Gasteiger partial charge in [0.1, 0.15) is 0 Å². The zero-order valence-corrected chi connectivity index (χ0v) is 9.05. The van der Waals surface area contributed by atoms with Gasteiger partial charge >= 0.3 is 0 Å². The van der Waals surface area contributed by atoms with Gasteiger partial charge in [-0.25, -0.2) is 0 Å². The Morgan fingerprint density at radius 3 is 3.00 bits per heavy atom. The molecule has 82 valence electrons. The molecular weight excluding hydrogens is 202 g/mol. The number of pyridine rings is 1. The predicted octanol–water partition coefficient (Wildman–Crippen LogP) is 1.35. The van der Waals surface area contributed by atoms with E-state index in [1.54, 1.807) is 24.5 Å². The summed E-state index contributed by atoms with van der Waals surface area (Å²) in [6, 6.07) is 5.47. The second kappa shape index (κ2) is 4.61. The van der Waals surface area contributed by atoms with E-state index < -0.39 is 0 Å². The van der Waals surface area contributed by atoms with E-state index in [4.69, 9.17) is 0 Å². The molecule has 0 spiro atoms. The molecule has 2 aromatic rings. The van der Waals surface area contributed by atoms with Crippen LogP contribution in [0.25, 0.3) is 0 Å². The average molecular weight is 215 g/mol. The molecule has 1 N–H and O–H groups in total. The lowest BCUT2D eigenvalue weighted by atomic mass is 10.2. The third kappa shape index (κ3) is 2.48. The van der Waals surface area contributed by atoms with Crippen LogP contribution >= 0.6 is 0 Å². The molecule has 2 rings (SSSR count). The number of hydrogen-bond acceptors (Lipinski definition) is 2. The standard InChI is InChI=1S/C12H13N3O/c1-15-6-4-10(9-15)7-14-12(16)11-3-2-5-13-8-11/h2-6,8-9H,7H2,1H3,(H,14,16). The first-order valence-electron chi connectivity index (χ1n) is 5.05. The molecule has 0 bridgehead atoms. The van der Waals surface area contributed by atoms with Gasteiger partial charge in [-0.15, -0.1) is 0 Å². The molecule has 0 fully saturated rings. The molecule has 0 aliphatic carbocycles. The van der Waals surface area contributed by atoms with Crippen LogP contribution in [0.3, 0.4) is 0 Å². The van der Waals surface area contributed by atoms with Crippen LogP contribution in [0.4, 0.5) is 0 Å². The number of hydrogen-bond donors (Lipinski definition) is 1. The minimum absolute atomic E-state index is 0.100. The Labute approximate surface area is 93.9 Å². The molecule has 0 saturated carbocycles. The Morgan fingerprint density at radius 2 is 2.38 bits per heavy atom. The van der Waals surface area contributed by atoms with Crippen molar-refractivity contribution >= 4 is 5.91 Å². The van der Waals surface area contributed by atoms with E-state index in [1.165, 1.54) is 0 Å². The Kier molecular flexibility index (Phi) is 3.00. The van der Waals surface area contributed by atoms with Gasteiger partial charge in [0.25, 0.3) is 5.91 Å². The van der Waals surface area contributed by atoms with Crippen molar-refractivity contribution in [1.82, 2.24) is 14.9 Å². The summed E-state index contributed by atoms with van der Waals surface area (Å²) < 4.78 is 1.95. The van der Waals surface area contributed by atoms with E-state index in [0.717, 1.165) is 5.56 Å². The van der Waals surface area contributed by atoms with Gasteiger partial charge in [0, 0.05) is 38.4 Å². The normalized spacial score (nSPS) is 10.1. The third-order valence-corrected chi connectivity index (χ3v) is 2.27. The van der Waals surface area contributed by atoms with Crippen LogP contribution in [0.1, 0.15) is 15.9 Å². The fourth-order valence-electron chi connectivity index (χ4n) is 1.45. The highest BCUT2D eigenvalue weighted by Gasteiger charge is 2.04. The number of aryl methyl sites for hydroxylation is 1. The molecule has 16 heavy (non-hydrogen) atoms. The van der Waals surface area contributed by atoms with Crippen LogP contribution in [0.2, 0.25) is 0 Å². The second-order valence-electron chi connectivity index (χ2n) is 3.61. The first-order chi connectivity index (χ1) is 7.75. The number of carbonyl (C=O) groups is 1. The molecule has 4 nitrogen and oxygen atoms in total. The molecule has 2 heterocycles. The Balaban J connectivity index is 1.94. The molecule has 1 amide bonds. The summed E-state index contributed by atoms with van der Waals surface area (Å²) in [6.07, 6.45) is 7.13. The van der Waals surface area contributed by atoms with Gasteiger partial charge in [0.2, 0.25) is 0 Å². The first-order valence-corrected chi connectivity index (χ1v) is 5.05. The van der Waals surface area contributed by atoms with Gasteiger partial charge < -0.3 is 9.88 Å². The van der Waals surface area contributed by atoms with Gasteiger partial charge in [-0.1, -0.05) is 0 Å². The van der Waals surface area contributed by atoms with Crippen molar-refractivity contribution < 1.29 is 4.79 Å². The molecule has 0 aromatic carbocycles. The largest absolute Gasteiger partial charge is 0.357 e. The Morgan fingerprint density at radius 1 is 1.50 bits per heavy atom. The topological polar surface area (TPSA) is 46.9 Å².